The molecule has 0 spiro atoms. The van der Waals surface area contributed by atoms with E-state index in [2.05, 4.69) is 0 Å². The topological polar surface area (TPSA) is 72.5 Å². The summed E-state index contributed by atoms with van der Waals surface area (Å²) < 4.78 is 30.0. The van der Waals surface area contributed by atoms with Crippen LogP contribution in [0.1, 0.15) is 40.0 Å². The van der Waals surface area contributed by atoms with Crippen LogP contribution in [0.15, 0.2) is 0 Å². The lowest BCUT2D eigenvalue weighted by atomic mass is 10.1. The van der Waals surface area contributed by atoms with E-state index in [-0.39, 0.29) is 5.92 Å². The van der Waals surface area contributed by atoms with E-state index in [1.807, 2.05) is 18.6 Å². The first kappa shape index (κ1) is 12.8. The van der Waals surface area contributed by atoms with Gasteiger partial charge in [-0.25, -0.2) is 8.91 Å². The van der Waals surface area contributed by atoms with Crippen LogP contribution in [-0.2, 0) is 19.3 Å². The minimum Gasteiger partial charge on any atom is -0.274 e. The van der Waals surface area contributed by atoms with E-state index < -0.39 is 21.8 Å². The third-order valence-corrected chi connectivity index (χ3v) is 4.60. The second kappa shape index (κ2) is 3.95. The number of rotatable bonds is 5. The van der Waals surface area contributed by atoms with Gasteiger partial charge >= 0.3 is 10.3 Å². The van der Waals surface area contributed by atoms with Crippen LogP contribution in [-0.4, -0.2) is 19.9 Å². The molecule has 6 heteroatoms. The molecule has 17 heavy (non-hydrogen) atoms. The molecule has 5 nitrogen and oxygen atoms in total. The second-order valence-electron chi connectivity index (χ2n) is 5.70. The van der Waals surface area contributed by atoms with Crippen LogP contribution in [0, 0.1) is 17.8 Å². The zero-order valence-electron chi connectivity index (χ0n) is 10.4. The molecule has 1 N–H and O–H groups in total. The molecule has 0 aromatic carbocycles. The first-order valence-corrected chi connectivity index (χ1v) is 7.40. The van der Waals surface area contributed by atoms with Crippen molar-refractivity contribution >= 4 is 16.2 Å². The van der Waals surface area contributed by atoms with Gasteiger partial charge in [0.2, 0.25) is 5.91 Å². The molecule has 2 aliphatic rings. The molecule has 0 bridgehead atoms. The van der Waals surface area contributed by atoms with Crippen LogP contribution in [0.4, 0.5) is 0 Å². The van der Waals surface area contributed by atoms with Crippen LogP contribution >= 0.6 is 0 Å². The molecule has 2 atom stereocenters. The van der Waals surface area contributed by atoms with E-state index in [0.29, 0.717) is 11.8 Å². The monoisotopic (exact) mass is 261 g/mol. The van der Waals surface area contributed by atoms with Crippen molar-refractivity contribution in [1.82, 2.24) is 4.72 Å². The number of nitrogens with one attached hydrogen (secondary N) is 1. The van der Waals surface area contributed by atoms with Crippen molar-refractivity contribution in [1.29, 1.82) is 0 Å². The lowest BCUT2D eigenvalue weighted by Gasteiger charge is -2.11. The summed E-state index contributed by atoms with van der Waals surface area (Å²) in [5.74, 6) is 0.130. The lowest BCUT2D eigenvalue weighted by molar-refractivity contribution is -0.121. The molecule has 1 amide bonds. The third-order valence-electron chi connectivity index (χ3n) is 3.52. The van der Waals surface area contributed by atoms with Crippen molar-refractivity contribution in [2.45, 2.75) is 45.6 Å². The van der Waals surface area contributed by atoms with Gasteiger partial charge in [-0.2, -0.15) is 8.42 Å². The maximum atomic E-state index is 11.7. The van der Waals surface area contributed by atoms with Gasteiger partial charge in [0.05, 0.1) is 5.60 Å². The lowest BCUT2D eigenvalue weighted by Crippen LogP contribution is -2.36. The van der Waals surface area contributed by atoms with Gasteiger partial charge in [0.1, 0.15) is 0 Å². The molecular formula is C11H19NO4S. The highest BCUT2D eigenvalue weighted by molar-refractivity contribution is 7.85. The van der Waals surface area contributed by atoms with Gasteiger partial charge in [0, 0.05) is 5.92 Å². The van der Waals surface area contributed by atoms with Gasteiger partial charge in [-0.3, -0.25) is 4.79 Å². The number of carbonyl (C=O) groups is 1. The summed E-state index contributed by atoms with van der Waals surface area (Å²) in [4.78, 5) is 11.7. The summed E-state index contributed by atoms with van der Waals surface area (Å²) in [6.45, 7) is 5.80. The summed E-state index contributed by atoms with van der Waals surface area (Å²) in [5, 5.41) is 0. The number of hydrogen-bond donors (Lipinski definition) is 1. The molecule has 0 aromatic heterocycles. The Morgan fingerprint density at radius 3 is 2.41 bits per heavy atom. The van der Waals surface area contributed by atoms with Crippen LogP contribution in [0.25, 0.3) is 0 Å². The van der Waals surface area contributed by atoms with Gasteiger partial charge < -0.3 is 0 Å². The van der Waals surface area contributed by atoms with Crippen LogP contribution in [0.3, 0.4) is 0 Å². The predicted octanol–water partition coefficient (Wildman–Crippen LogP) is 1.21. The van der Waals surface area contributed by atoms with Crippen molar-refractivity contribution in [3.63, 3.8) is 0 Å². The Kier molecular flexibility index (Phi) is 2.98. The van der Waals surface area contributed by atoms with Gasteiger partial charge in [-0.15, -0.1) is 0 Å². The highest BCUT2D eigenvalue weighted by Gasteiger charge is 2.48. The first-order chi connectivity index (χ1) is 7.72. The summed E-state index contributed by atoms with van der Waals surface area (Å²) in [6, 6.07) is 0. The van der Waals surface area contributed by atoms with Crippen molar-refractivity contribution < 1.29 is 17.4 Å². The molecule has 2 rings (SSSR count). The fourth-order valence-electron chi connectivity index (χ4n) is 2.00. The molecule has 2 fully saturated rings. The van der Waals surface area contributed by atoms with Crippen molar-refractivity contribution in [3.8, 4) is 0 Å². The Morgan fingerprint density at radius 1 is 1.41 bits per heavy atom. The second-order valence-corrected chi connectivity index (χ2v) is 6.98. The smallest absolute Gasteiger partial charge is 0.274 e. The maximum absolute atomic E-state index is 11.7. The van der Waals surface area contributed by atoms with Crippen LogP contribution in [0.2, 0.25) is 0 Å². The van der Waals surface area contributed by atoms with Crippen LogP contribution in [0.5, 0.6) is 0 Å². The van der Waals surface area contributed by atoms with E-state index in [0.717, 1.165) is 19.3 Å². The molecule has 0 aromatic rings. The molecule has 2 saturated carbocycles. The number of hydrogen-bond acceptors (Lipinski definition) is 4. The Balaban J connectivity index is 1.86. The minimum absolute atomic E-state index is 0.166. The van der Waals surface area contributed by atoms with Crippen molar-refractivity contribution in [2.75, 3.05) is 0 Å². The van der Waals surface area contributed by atoms with E-state index >= 15 is 0 Å². The average Bonchev–Trinajstić information content (AvgIpc) is 2.98. The van der Waals surface area contributed by atoms with Crippen molar-refractivity contribution in [2.24, 2.45) is 17.8 Å². The zero-order chi connectivity index (χ0) is 12.8. The molecule has 0 saturated heterocycles. The quantitative estimate of drug-likeness (QED) is 0.807. The molecular weight excluding hydrogens is 242 g/mol. The Hall–Kier alpha value is -0.620. The normalized spacial score (nSPS) is 30.1. The van der Waals surface area contributed by atoms with Crippen molar-refractivity contribution in [3.05, 3.63) is 0 Å². The van der Waals surface area contributed by atoms with Gasteiger partial charge in [-0.1, -0.05) is 13.8 Å². The molecule has 2 aliphatic carbocycles. The highest BCUT2D eigenvalue weighted by Crippen LogP contribution is 2.44. The third kappa shape index (κ3) is 3.19. The van der Waals surface area contributed by atoms with Gasteiger partial charge in [0.15, 0.2) is 0 Å². The minimum atomic E-state index is -3.93. The highest BCUT2D eigenvalue weighted by atomic mass is 32.2. The fraction of sp³-hybridized carbons (Fsp3) is 0.909. The summed E-state index contributed by atoms with van der Waals surface area (Å²) in [5.41, 5.74) is -0.590. The molecule has 2 unspecified atom stereocenters. The summed E-state index contributed by atoms with van der Waals surface area (Å²) >= 11 is 0. The first-order valence-electron chi connectivity index (χ1n) is 6.00. The fourth-order valence-corrected chi connectivity index (χ4v) is 3.13. The SMILES string of the molecule is CC(C)C1CC1C(=O)NS(=O)(=O)OC1(C)CC1. The Morgan fingerprint density at radius 2 is 2.00 bits per heavy atom. The molecule has 0 aliphatic heterocycles. The Labute approximate surface area is 102 Å². The van der Waals surface area contributed by atoms with E-state index in [4.69, 9.17) is 4.18 Å². The molecule has 98 valence electrons. The molecule has 0 radical (unpaired) electrons. The zero-order valence-corrected chi connectivity index (χ0v) is 11.2. The summed E-state index contributed by atoms with van der Waals surface area (Å²) in [7, 11) is -3.93. The average molecular weight is 261 g/mol. The summed E-state index contributed by atoms with van der Waals surface area (Å²) in [6.07, 6.45) is 2.22. The van der Waals surface area contributed by atoms with E-state index in [1.54, 1.807) is 6.92 Å². The van der Waals surface area contributed by atoms with E-state index in [1.165, 1.54) is 0 Å². The largest absolute Gasteiger partial charge is 0.362 e. The maximum Gasteiger partial charge on any atom is 0.362 e. The van der Waals surface area contributed by atoms with E-state index in [9.17, 15) is 13.2 Å². The Bertz CT molecular complexity index is 425. The predicted molar refractivity (Wildman–Crippen MR) is 62.2 cm³/mol. The van der Waals surface area contributed by atoms with Gasteiger partial charge in [-0.05, 0) is 38.0 Å². The van der Waals surface area contributed by atoms with Gasteiger partial charge in [0.25, 0.3) is 0 Å². The standard InChI is InChI=1S/C11H19NO4S/c1-7(2)8-6-9(8)10(13)12-17(14,15)16-11(3)4-5-11/h7-9H,4-6H2,1-3H3,(H,12,13). The molecule has 0 heterocycles. The number of amides is 1. The van der Waals surface area contributed by atoms with Crippen LogP contribution < -0.4 is 4.72 Å². The number of carbonyl (C=O) groups excluding carboxylic acids is 1.